The Labute approximate surface area is 126 Å². The lowest BCUT2D eigenvalue weighted by molar-refractivity contribution is 0.150. The van der Waals surface area contributed by atoms with Gasteiger partial charge in [-0.3, -0.25) is 4.90 Å². The van der Waals surface area contributed by atoms with Crippen molar-refractivity contribution in [3.05, 3.63) is 42.2 Å². The SMILES string of the molecule is CCN(Cc1cc(-c2ccccc2)no1)C1CCCNC1. The first-order chi connectivity index (χ1) is 10.4. The third-order valence-electron chi connectivity index (χ3n) is 4.18. The minimum atomic E-state index is 0.606. The zero-order chi connectivity index (χ0) is 14.5. The van der Waals surface area contributed by atoms with E-state index >= 15 is 0 Å². The van der Waals surface area contributed by atoms with Crippen LogP contribution in [0.2, 0.25) is 0 Å². The Morgan fingerprint density at radius 3 is 2.90 bits per heavy atom. The minimum Gasteiger partial charge on any atom is -0.359 e. The van der Waals surface area contributed by atoms with Crippen molar-refractivity contribution in [3.8, 4) is 11.3 Å². The van der Waals surface area contributed by atoms with Crippen molar-refractivity contribution in [1.29, 1.82) is 0 Å². The number of aromatic nitrogens is 1. The van der Waals surface area contributed by atoms with E-state index in [-0.39, 0.29) is 0 Å². The summed E-state index contributed by atoms with van der Waals surface area (Å²) in [7, 11) is 0. The summed E-state index contributed by atoms with van der Waals surface area (Å²) in [5, 5.41) is 7.68. The molecular formula is C17H23N3O. The van der Waals surface area contributed by atoms with Gasteiger partial charge in [0.1, 0.15) is 5.69 Å². The Morgan fingerprint density at radius 2 is 2.19 bits per heavy atom. The summed E-state index contributed by atoms with van der Waals surface area (Å²) in [4.78, 5) is 2.47. The molecule has 1 aromatic heterocycles. The molecule has 0 bridgehead atoms. The number of benzene rings is 1. The molecule has 0 amide bonds. The molecule has 4 nitrogen and oxygen atoms in total. The van der Waals surface area contributed by atoms with Gasteiger partial charge in [-0.25, -0.2) is 0 Å². The van der Waals surface area contributed by atoms with E-state index in [9.17, 15) is 0 Å². The van der Waals surface area contributed by atoms with E-state index in [1.807, 2.05) is 18.2 Å². The van der Waals surface area contributed by atoms with Crippen LogP contribution in [0.25, 0.3) is 11.3 Å². The zero-order valence-electron chi connectivity index (χ0n) is 12.6. The third-order valence-corrected chi connectivity index (χ3v) is 4.18. The van der Waals surface area contributed by atoms with Crippen molar-refractivity contribution in [1.82, 2.24) is 15.4 Å². The van der Waals surface area contributed by atoms with E-state index in [0.717, 1.165) is 43.2 Å². The van der Waals surface area contributed by atoms with Gasteiger partial charge in [0, 0.05) is 24.2 Å². The summed E-state index contributed by atoms with van der Waals surface area (Å²) in [6.45, 7) is 6.31. The highest BCUT2D eigenvalue weighted by molar-refractivity contribution is 5.58. The van der Waals surface area contributed by atoms with Gasteiger partial charge in [-0.1, -0.05) is 42.4 Å². The Hall–Kier alpha value is -1.65. The highest BCUT2D eigenvalue weighted by Gasteiger charge is 2.21. The summed E-state index contributed by atoms with van der Waals surface area (Å²) in [6, 6.07) is 12.8. The molecule has 1 aliphatic heterocycles. The van der Waals surface area contributed by atoms with Crippen LogP contribution in [-0.2, 0) is 6.54 Å². The first-order valence-corrected chi connectivity index (χ1v) is 7.82. The molecule has 1 aliphatic rings. The summed E-state index contributed by atoms with van der Waals surface area (Å²) in [5.74, 6) is 0.946. The lowest BCUT2D eigenvalue weighted by Crippen LogP contribution is -2.45. The molecule has 1 saturated heterocycles. The maximum Gasteiger partial charge on any atom is 0.151 e. The molecule has 1 fully saturated rings. The van der Waals surface area contributed by atoms with Gasteiger partial charge in [0.05, 0.1) is 6.54 Å². The monoisotopic (exact) mass is 285 g/mol. The Bertz CT molecular complexity index is 546. The molecule has 3 rings (SSSR count). The second-order valence-electron chi connectivity index (χ2n) is 5.61. The summed E-state index contributed by atoms with van der Waals surface area (Å²) in [6.07, 6.45) is 2.52. The van der Waals surface area contributed by atoms with E-state index in [2.05, 4.69) is 40.5 Å². The van der Waals surface area contributed by atoms with Gasteiger partial charge in [0.2, 0.25) is 0 Å². The van der Waals surface area contributed by atoms with Crippen LogP contribution in [0.3, 0.4) is 0 Å². The topological polar surface area (TPSA) is 41.3 Å². The van der Waals surface area contributed by atoms with E-state index < -0.39 is 0 Å². The normalized spacial score (nSPS) is 19.0. The van der Waals surface area contributed by atoms with Crippen molar-refractivity contribution in [3.63, 3.8) is 0 Å². The van der Waals surface area contributed by atoms with Gasteiger partial charge in [-0.05, 0) is 25.9 Å². The minimum absolute atomic E-state index is 0.606. The van der Waals surface area contributed by atoms with Crippen LogP contribution in [0.15, 0.2) is 40.9 Å². The molecule has 21 heavy (non-hydrogen) atoms. The molecule has 2 heterocycles. The van der Waals surface area contributed by atoms with Crippen LogP contribution >= 0.6 is 0 Å². The molecule has 1 atom stereocenters. The Morgan fingerprint density at radius 1 is 1.33 bits per heavy atom. The second kappa shape index (κ2) is 6.87. The lowest BCUT2D eigenvalue weighted by Gasteiger charge is -2.33. The quantitative estimate of drug-likeness (QED) is 0.917. The first-order valence-electron chi connectivity index (χ1n) is 7.82. The smallest absolute Gasteiger partial charge is 0.151 e. The molecule has 0 aliphatic carbocycles. The number of piperidine rings is 1. The van der Waals surface area contributed by atoms with Gasteiger partial charge in [0.15, 0.2) is 5.76 Å². The molecule has 112 valence electrons. The first kappa shape index (κ1) is 14.3. The number of nitrogens with zero attached hydrogens (tertiary/aromatic N) is 2. The Balaban J connectivity index is 1.68. The fourth-order valence-electron chi connectivity index (χ4n) is 2.98. The van der Waals surface area contributed by atoms with Gasteiger partial charge in [-0.15, -0.1) is 0 Å². The van der Waals surface area contributed by atoms with Crippen molar-refractivity contribution in [2.45, 2.75) is 32.4 Å². The number of rotatable bonds is 5. The number of hydrogen-bond donors (Lipinski definition) is 1. The molecule has 4 heteroatoms. The average molecular weight is 285 g/mol. The van der Waals surface area contributed by atoms with Crippen LogP contribution < -0.4 is 5.32 Å². The predicted molar refractivity (Wildman–Crippen MR) is 83.9 cm³/mol. The van der Waals surface area contributed by atoms with E-state index in [1.165, 1.54) is 12.8 Å². The summed E-state index contributed by atoms with van der Waals surface area (Å²) < 4.78 is 5.53. The van der Waals surface area contributed by atoms with Crippen molar-refractivity contribution >= 4 is 0 Å². The molecule has 0 saturated carbocycles. The van der Waals surface area contributed by atoms with Gasteiger partial charge >= 0.3 is 0 Å². The molecular weight excluding hydrogens is 262 g/mol. The molecule has 1 aromatic carbocycles. The fourth-order valence-corrected chi connectivity index (χ4v) is 2.98. The predicted octanol–water partition coefficient (Wildman–Crippen LogP) is 2.92. The molecule has 1 N–H and O–H groups in total. The third kappa shape index (κ3) is 3.52. The second-order valence-corrected chi connectivity index (χ2v) is 5.61. The summed E-state index contributed by atoms with van der Waals surface area (Å²) >= 11 is 0. The molecule has 2 aromatic rings. The Kier molecular flexibility index (Phi) is 4.68. The van der Waals surface area contributed by atoms with E-state index in [0.29, 0.717) is 6.04 Å². The number of hydrogen-bond acceptors (Lipinski definition) is 4. The maximum absolute atomic E-state index is 5.53. The standard InChI is InChI=1S/C17H23N3O/c1-2-20(15-9-6-10-18-12-15)13-16-11-17(19-21-16)14-7-4-3-5-8-14/h3-5,7-8,11,15,18H,2,6,9-10,12-13H2,1H3. The van der Waals surface area contributed by atoms with Crippen molar-refractivity contribution < 1.29 is 4.52 Å². The van der Waals surface area contributed by atoms with Crippen LogP contribution in [0.1, 0.15) is 25.5 Å². The molecule has 1 unspecified atom stereocenters. The molecule has 0 spiro atoms. The van der Waals surface area contributed by atoms with Crippen LogP contribution in [0.4, 0.5) is 0 Å². The van der Waals surface area contributed by atoms with Crippen molar-refractivity contribution in [2.24, 2.45) is 0 Å². The average Bonchev–Trinajstić information content (AvgIpc) is 3.03. The van der Waals surface area contributed by atoms with Crippen LogP contribution in [0.5, 0.6) is 0 Å². The van der Waals surface area contributed by atoms with E-state index in [1.54, 1.807) is 0 Å². The molecule has 0 radical (unpaired) electrons. The zero-order valence-corrected chi connectivity index (χ0v) is 12.6. The summed E-state index contributed by atoms with van der Waals surface area (Å²) in [5.41, 5.74) is 2.03. The lowest BCUT2D eigenvalue weighted by atomic mass is 10.1. The highest BCUT2D eigenvalue weighted by Crippen LogP contribution is 2.20. The number of nitrogens with one attached hydrogen (secondary N) is 1. The fraction of sp³-hybridized carbons (Fsp3) is 0.471. The highest BCUT2D eigenvalue weighted by atomic mass is 16.5. The van der Waals surface area contributed by atoms with Gasteiger partial charge in [-0.2, -0.15) is 0 Å². The van der Waals surface area contributed by atoms with Crippen LogP contribution in [0, 0.1) is 0 Å². The van der Waals surface area contributed by atoms with E-state index in [4.69, 9.17) is 4.52 Å². The van der Waals surface area contributed by atoms with Gasteiger partial charge in [0.25, 0.3) is 0 Å². The van der Waals surface area contributed by atoms with Crippen molar-refractivity contribution in [2.75, 3.05) is 19.6 Å². The largest absolute Gasteiger partial charge is 0.359 e. The number of likely N-dealkylation sites (N-methyl/N-ethyl adjacent to an activating group) is 1. The maximum atomic E-state index is 5.53. The van der Waals surface area contributed by atoms with Gasteiger partial charge < -0.3 is 9.84 Å². The van der Waals surface area contributed by atoms with Crippen LogP contribution in [-0.4, -0.2) is 35.7 Å².